The van der Waals surface area contributed by atoms with Crippen LogP contribution in [0.3, 0.4) is 0 Å². The first kappa shape index (κ1) is 37.2. The van der Waals surface area contributed by atoms with Gasteiger partial charge in [0, 0.05) is 38.2 Å². The Morgan fingerprint density at radius 3 is 1.40 bits per heavy atom. The maximum absolute atomic E-state index is 4.95. The first-order chi connectivity index (χ1) is 30.2. The zero-order valence-corrected chi connectivity index (χ0v) is 35.4. The molecule has 0 amide bonds. The van der Waals surface area contributed by atoms with E-state index in [1.807, 2.05) is 27.7 Å². The number of hydrogen-bond donors (Lipinski definition) is 0. The van der Waals surface area contributed by atoms with Crippen LogP contribution in [0.1, 0.15) is 34.4 Å². The zero-order valence-electron chi connectivity index (χ0n) is 35.4. The molecule has 0 unspecified atom stereocenters. The summed E-state index contributed by atoms with van der Waals surface area (Å²) in [4.78, 5) is 28.8. The fourth-order valence-electron chi connectivity index (χ4n) is 9.33. The van der Waals surface area contributed by atoms with E-state index in [9.17, 15) is 0 Å². The predicted octanol–water partition coefficient (Wildman–Crippen LogP) is 12.8. The molecule has 0 radical (unpaired) electrons. The molecule has 298 valence electrons. The average molecular weight is 803 g/mol. The van der Waals surface area contributed by atoms with Crippen LogP contribution in [-0.2, 0) is 0 Å². The lowest BCUT2D eigenvalue weighted by molar-refractivity contribution is 0.926. The van der Waals surface area contributed by atoms with Crippen molar-refractivity contribution in [1.29, 1.82) is 0 Å². The van der Waals surface area contributed by atoms with Crippen molar-refractivity contribution in [1.82, 2.24) is 39.0 Å². The van der Waals surface area contributed by atoms with Crippen molar-refractivity contribution in [3.8, 4) is 56.4 Å². The number of rotatable bonds is 6. The number of benzene rings is 7. The molecule has 8 nitrogen and oxygen atoms in total. The van der Waals surface area contributed by atoms with Gasteiger partial charge in [0.2, 0.25) is 0 Å². The Bertz CT molecular complexity index is 3570. The molecule has 8 heteroatoms. The van der Waals surface area contributed by atoms with Crippen molar-refractivity contribution >= 4 is 43.6 Å². The van der Waals surface area contributed by atoms with Gasteiger partial charge in [0.1, 0.15) is 23.3 Å². The summed E-state index contributed by atoms with van der Waals surface area (Å²) in [6, 6.07) is 52.6. The van der Waals surface area contributed by atoms with Crippen LogP contribution in [0.5, 0.6) is 0 Å². The van der Waals surface area contributed by atoms with Gasteiger partial charge in [-0.3, -0.25) is 0 Å². The highest BCUT2D eigenvalue weighted by atomic mass is 15.1. The Labute approximate surface area is 359 Å². The van der Waals surface area contributed by atoms with E-state index >= 15 is 0 Å². The lowest BCUT2D eigenvalue weighted by atomic mass is 9.93. The fraction of sp³-hybridized carbons (Fsp3) is 0.111. The Kier molecular flexibility index (Phi) is 8.65. The maximum atomic E-state index is 4.95. The van der Waals surface area contributed by atoms with E-state index in [0.717, 1.165) is 66.8 Å². The maximum Gasteiger partial charge on any atom is 0.165 e. The molecule has 0 saturated carbocycles. The van der Waals surface area contributed by atoms with Crippen LogP contribution in [0.4, 0.5) is 0 Å². The molecule has 0 atom stereocenters. The van der Waals surface area contributed by atoms with E-state index in [1.165, 1.54) is 32.7 Å². The van der Waals surface area contributed by atoms with Gasteiger partial charge < -0.3 is 9.13 Å². The van der Waals surface area contributed by atoms with Crippen LogP contribution < -0.4 is 0 Å². The van der Waals surface area contributed by atoms with Crippen LogP contribution in [-0.4, -0.2) is 39.0 Å². The summed E-state index contributed by atoms with van der Waals surface area (Å²) in [7, 11) is 0. The molecular weight excluding hydrogens is 761 g/mol. The van der Waals surface area contributed by atoms with Gasteiger partial charge in [-0.15, -0.1) is 0 Å². The van der Waals surface area contributed by atoms with Gasteiger partial charge in [0.05, 0.1) is 33.4 Å². The third kappa shape index (κ3) is 6.14. The summed E-state index contributed by atoms with van der Waals surface area (Å²) in [5.41, 5.74) is 15.0. The van der Waals surface area contributed by atoms with E-state index in [4.69, 9.17) is 19.9 Å². The molecule has 4 aromatic heterocycles. The first-order valence-corrected chi connectivity index (χ1v) is 21.0. The number of fused-ring (bicyclic) bond motifs is 6. The summed E-state index contributed by atoms with van der Waals surface area (Å²) in [6.45, 7) is 12.0. The quantitative estimate of drug-likeness (QED) is 0.166. The second-order valence-electron chi connectivity index (χ2n) is 16.3. The SMILES string of the molecule is Cc1ccc2c(c1)c1ccccc1n2-c1ccc(-c2cccc(-c3c(-c4nc(C)nc(C)n4)cccc3-n3c4ccccc4c4cc(C)ccc43)c2)cc1-c1nc(C)nc(C)n1. The van der Waals surface area contributed by atoms with E-state index < -0.39 is 0 Å². The second kappa shape index (κ2) is 14.4. The molecule has 0 aliphatic carbocycles. The summed E-state index contributed by atoms with van der Waals surface area (Å²) < 4.78 is 4.74. The Hall–Kier alpha value is -7.84. The molecule has 11 aromatic rings. The molecule has 0 saturated heterocycles. The van der Waals surface area contributed by atoms with Crippen LogP contribution in [0.15, 0.2) is 146 Å². The minimum atomic E-state index is 0.635. The van der Waals surface area contributed by atoms with Crippen molar-refractivity contribution in [2.45, 2.75) is 41.5 Å². The summed E-state index contributed by atoms with van der Waals surface area (Å²) in [6.07, 6.45) is 0. The third-order valence-corrected chi connectivity index (χ3v) is 11.9. The number of hydrogen-bond acceptors (Lipinski definition) is 6. The second-order valence-corrected chi connectivity index (χ2v) is 16.3. The van der Waals surface area contributed by atoms with E-state index in [2.05, 4.69) is 179 Å². The molecular formula is C54H42N8. The fourth-order valence-corrected chi connectivity index (χ4v) is 9.33. The molecule has 0 N–H and O–H groups in total. The van der Waals surface area contributed by atoms with E-state index in [1.54, 1.807) is 0 Å². The monoisotopic (exact) mass is 802 g/mol. The van der Waals surface area contributed by atoms with Gasteiger partial charge in [-0.2, -0.15) is 0 Å². The number of aromatic nitrogens is 8. The lowest BCUT2D eigenvalue weighted by Gasteiger charge is -2.19. The van der Waals surface area contributed by atoms with Gasteiger partial charge in [-0.25, -0.2) is 29.9 Å². The molecule has 0 aliphatic rings. The summed E-state index contributed by atoms with van der Waals surface area (Å²) >= 11 is 0. The van der Waals surface area contributed by atoms with Crippen molar-refractivity contribution in [2.75, 3.05) is 0 Å². The lowest BCUT2D eigenvalue weighted by Crippen LogP contribution is -2.04. The van der Waals surface area contributed by atoms with Crippen molar-refractivity contribution in [3.05, 3.63) is 180 Å². The molecule has 0 bridgehead atoms. The van der Waals surface area contributed by atoms with Crippen LogP contribution in [0, 0.1) is 41.5 Å². The van der Waals surface area contributed by atoms with E-state index in [0.29, 0.717) is 34.9 Å². The van der Waals surface area contributed by atoms with Crippen molar-refractivity contribution < 1.29 is 0 Å². The topological polar surface area (TPSA) is 87.2 Å². The largest absolute Gasteiger partial charge is 0.309 e. The summed E-state index contributed by atoms with van der Waals surface area (Å²) in [5, 5.41) is 4.83. The van der Waals surface area contributed by atoms with Gasteiger partial charge in [0.25, 0.3) is 0 Å². The molecule has 7 aromatic carbocycles. The Morgan fingerprint density at radius 1 is 0.323 bits per heavy atom. The number of para-hydroxylation sites is 2. The van der Waals surface area contributed by atoms with Crippen molar-refractivity contribution in [2.24, 2.45) is 0 Å². The first-order valence-electron chi connectivity index (χ1n) is 21.0. The van der Waals surface area contributed by atoms with Crippen LogP contribution >= 0.6 is 0 Å². The highest BCUT2D eigenvalue weighted by Crippen LogP contribution is 2.43. The van der Waals surface area contributed by atoms with E-state index in [-0.39, 0.29) is 0 Å². The standard InChI is InChI=1S/C54H42N8/c1-31-21-24-48-43(27-31)40-15-7-9-18-46(40)61(48)50-26-23-38(30-45(50)54-59-35(5)56-36(6)60-54)37-13-11-14-39(29-37)52-42(53-57-33(3)55-34(4)58-53)17-12-20-51(52)62-47-19-10-8-16-41(47)44-28-32(2)22-25-49(44)62/h7-30H,1-6H3. The Morgan fingerprint density at radius 2 is 0.806 bits per heavy atom. The molecule has 4 heterocycles. The predicted molar refractivity (Wildman–Crippen MR) is 252 cm³/mol. The Balaban J connectivity index is 1.16. The van der Waals surface area contributed by atoms with Gasteiger partial charge in [0.15, 0.2) is 11.6 Å². The van der Waals surface area contributed by atoms with Gasteiger partial charge >= 0.3 is 0 Å². The molecule has 0 fully saturated rings. The number of nitrogens with zero attached hydrogens (tertiary/aromatic N) is 8. The third-order valence-electron chi connectivity index (χ3n) is 11.9. The highest BCUT2D eigenvalue weighted by molar-refractivity contribution is 6.11. The zero-order chi connectivity index (χ0) is 42.2. The normalized spacial score (nSPS) is 11.7. The molecule has 11 rings (SSSR count). The molecule has 0 aliphatic heterocycles. The minimum absolute atomic E-state index is 0.635. The smallest absolute Gasteiger partial charge is 0.165 e. The van der Waals surface area contributed by atoms with Crippen LogP contribution in [0.2, 0.25) is 0 Å². The average Bonchev–Trinajstić information content (AvgIpc) is 3.77. The molecule has 62 heavy (non-hydrogen) atoms. The van der Waals surface area contributed by atoms with Crippen LogP contribution in [0.25, 0.3) is 100 Å². The minimum Gasteiger partial charge on any atom is -0.309 e. The summed E-state index contributed by atoms with van der Waals surface area (Å²) in [5.74, 6) is 3.99. The van der Waals surface area contributed by atoms with Gasteiger partial charge in [-0.05, 0) is 119 Å². The highest BCUT2D eigenvalue weighted by Gasteiger charge is 2.23. The molecule has 0 spiro atoms. The van der Waals surface area contributed by atoms with Gasteiger partial charge in [-0.1, -0.05) is 96.1 Å². The van der Waals surface area contributed by atoms with Crippen molar-refractivity contribution in [3.63, 3.8) is 0 Å². The number of aryl methyl sites for hydroxylation is 6.